The van der Waals surface area contributed by atoms with Gasteiger partial charge in [-0.15, -0.1) is 0 Å². The maximum atomic E-state index is 14.5. The lowest BCUT2D eigenvalue weighted by atomic mass is 9.73. The van der Waals surface area contributed by atoms with Crippen LogP contribution in [0.5, 0.6) is 0 Å². The van der Waals surface area contributed by atoms with Crippen molar-refractivity contribution in [2.75, 3.05) is 0 Å². The Bertz CT molecular complexity index is 585. The van der Waals surface area contributed by atoms with Gasteiger partial charge in [0.1, 0.15) is 11.7 Å². The molecule has 2 unspecified atom stereocenters. The molecule has 1 aromatic rings. The van der Waals surface area contributed by atoms with E-state index in [1.807, 2.05) is 19.9 Å². The molecule has 1 nitrogen and oxygen atoms in total. The zero-order chi connectivity index (χ0) is 18.1. The minimum Gasteiger partial charge on any atom is -0.256 e. The van der Waals surface area contributed by atoms with Crippen LogP contribution < -0.4 is 0 Å². The predicted molar refractivity (Wildman–Crippen MR) is 98.7 cm³/mol. The van der Waals surface area contributed by atoms with Crippen LogP contribution in [-0.4, -0.2) is 4.98 Å². The lowest BCUT2D eigenvalue weighted by Gasteiger charge is -2.31. The first-order chi connectivity index (χ1) is 11.5. The first kappa shape index (κ1) is 20.3. The van der Waals surface area contributed by atoms with Crippen molar-refractivity contribution in [1.29, 1.82) is 0 Å². The van der Waals surface area contributed by atoms with Crippen molar-refractivity contribution in [3.05, 3.63) is 60.0 Å². The van der Waals surface area contributed by atoms with Crippen molar-refractivity contribution in [2.45, 2.75) is 47.5 Å². The Morgan fingerprint density at radius 3 is 2.50 bits per heavy atom. The molecule has 1 aliphatic carbocycles. The first-order valence-corrected chi connectivity index (χ1v) is 8.88. The highest BCUT2D eigenvalue weighted by Gasteiger charge is 2.33. The molecule has 1 heterocycles. The number of hydrogen-bond acceptors (Lipinski definition) is 1. The lowest BCUT2D eigenvalue weighted by molar-refractivity contribution is 0.344. The van der Waals surface area contributed by atoms with Crippen molar-refractivity contribution >= 4 is 5.57 Å². The molecule has 0 saturated carbocycles. The van der Waals surface area contributed by atoms with Crippen LogP contribution in [0, 0.1) is 17.8 Å². The first-order valence-electron chi connectivity index (χ1n) is 8.88. The Hall–Kier alpha value is -1.77. The van der Waals surface area contributed by atoms with Gasteiger partial charge in [-0.1, -0.05) is 52.8 Å². The van der Waals surface area contributed by atoms with Gasteiger partial charge in [0.15, 0.2) is 0 Å². The fourth-order valence-corrected chi connectivity index (χ4v) is 3.04. The predicted octanol–water partition coefficient (Wildman–Crippen LogP) is 6.90. The van der Waals surface area contributed by atoms with E-state index in [4.69, 9.17) is 0 Å². The van der Waals surface area contributed by atoms with Crippen LogP contribution in [0.3, 0.4) is 0 Å². The third-order valence-corrected chi connectivity index (χ3v) is 4.10. The van der Waals surface area contributed by atoms with Gasteiger partial charge >= 0.3 is 0 Å². The molecule has 0 fully saturated rings. The van der Waals surface area contributed by atoms with Gasteiger partial charge in [-0.3, -0.25) is 4.98 Å². The van der Waals surface area contributed by atoms with Gasteiger partial charge in [-0.2, -0.15) is 0 Å². The number of halogens is 2. The molecule has 0 aromatic carbocycles. The summed E-state index contributed by atoms with van der Waals surface area (Å²) in [6, 6.07) is 5.42. The fourth-order valence-electron chi connectivity index (χ4n) is 3.04. The van der Waals surface area contributed by atoms with Crippen molar-refractivity contribution in [1.82, 2.24) is 4.98 Å². The van der Waals surface area contributed by atoms with Gasteiger partial charge in [0, 0.05) is 30.2 Å². The number of rotatable bonds is 5. The molecule has 2 rings (SSSR count). The van der Waals surface area contributed by atoms with Crippen LogP contribution in [0.15, 0.2) is 54.3 Å². The second-order valence-electron chi connectivity index (χ2n) is 6.04. The molecule has 0 saturated heterocycles. The molecule has 0 radical (unpaired) electrons. The van der Waals surface area contributed by atoms with Gasteiger partial charge in [-0.05, 0) is 30.4 Å². The van der Waals surface area contributed by atoms with Crippen LogP contribution in [0.1, 0.15) is 53.2 Å². The fraction of sp³-hybridized carbons (Fsp3) is 0.476. The molecule has 0 amide bonds. The maximum Gasteiger partial charge on any atom is 0.131 e. The molecule has 0 N–H and O–H groups in total. The van der Waals surface area contributed by atoms with E-state index in [0.717, 1.165) is 12.5 Å². The number of allylic oxidation sites excluding steroid dienone is 6. The molecule has 24 heavy (non-hydrogen) atoms. The van der Waals surface area contributed by atoms with Crippen LogP contribution in [0.2, 0.25) is 0 Å². The molecule has 2 atom stereocenters. The van der Waals surface area contributed by atoms with Crippen molar-refractivity contribution in [2.24, 2.45) is 17.8 Å². The van der Waals surface area contributed by atoms with Crippen LogP contribution >= 0.6 is 0 Å². The van der Waals surface area contributed by atoms with Gasteiger partial charge in [-0.25, -0.2) is 8.78 Å². The lowest BCUT2D eigenvalue weighted by Crippen LogP contribution is -2.23. The van der Waals surface area contributed by atoms with Crippen LogP contribution in [0.25, 0.3) is 5.57 Å². The van der Waals surface area contributed by atoms with Gasteiger partial charge < -0.3 is 0 Å². The van der Waals surface area contributed by atoms with E-state index < -0.39 is 11.7 Å². The van der Waals surface area contributed by atoms with Crippen molar-refractivity contribution in [3.63, 3.8) is 0 Å². The summed E-state index contributed by atoms with van der Waals surface area (Å²) < 4.78 is 28.3. The highest BCUT2D eigenvalue weighted by Crippen LogP contribution is 2.43. The molecule has 1 aliphatic rings. The van der Waals surface area contributed by atoms with E-state index >= 15 is 0 Å². The highest BCUT2D eigenvalue weighted by atomic mass is 19.1. The second-order valence-corrected chi connectivity index (χ2v) is 6.04. The monoisotopic (exact) mass is 333 g/mol. The summed E-state index contributed by atoms with van der Waals surface area (Å²) in [4.78, 5) is 4.28. The normalized spacial score (nSPS) is 19.2. The quantitative estimate of drug-likeness (QED) is 0.534. The van der Waals surface area contributed by atoms with Crippen molar-refractivity contribution in [3.8, 4) is 0 Å². The molecule has 1 aromatic heterocycles. The average molecular weight is 333 g/mol. The second kappa shape index (κ2) is 10.2. The summed E-state index contributed by atoms with van der Waals surface area (Å²) >= 11 is 0. The Morgan fingerprint density at radius 1 is 1.25 bits per heavy atom. The van der Waals surface area contributed by atoms with E-state index in [1.54, 1.807) is 18.3 Å². The highest BCUT2D eigenvalue weighted by molar-refractivity contribution is 5.71. The Balaban J connectivity index is 0.00000139. The van der Waals surface area contributed by atoms with E-state index in [2.05, 4.69) is 37.9 Å². The van der Waals surface area contributed by atoms with Gasteiger partial charge in [0.2, 0.25) is 0 Å². The largest absolute Gasteiger partial charge is 0.256 e. The Kier molecular flexibility index (Phi) is 8.59. The standard InChI is InChI=1S/C19H23F2N.C2H6/c1-4-5-8-15(13(2)3)16-11-14(20)12-17(21)19(16)18-9-6-7-10-22-18;1-2/h5-10,12-13,15-16H,4,11H2,1-3H3;1-2H3. The Morgan fingerprint density at radius 2 is 1.96 bits per heavy atom. The molecule has 0 bridgehead atoms. The summed E-state index contributed by atoms with van der Waals surface area (Å²) in [6.07, 6.45) is 7.98. The Labute approximate surface area is 145 Å². The maximum absolute atomic E-state index is 14.5. The van der Waals surface area contributed by atoms with Gasteiger partial charge in [0.05, 0.1) is 5.69 Å². The molecule has 0 spiro atoms. The smallest absolute Gasteiger partial charge is 0.131 e. The van der Waals surface area contributed by atoms with E-state index in [9.17, 15) is 8.78 Å². The summed E-state index contributed by atoms with van der Waals surface area (Å²) in [5, 5.41) is 0. The molecule has 3 heteroatoms. The number of aromatic nitrogens is 1. The number of hydrogen-bond donors (Lipinski definition) is 0. The van der Waals surface area contributed by atoms with Crippen LogP contribution in [-0.2, 0) is 0 Å². The SMILES string of the molecule is CC.CCC=CC(C(C)C)C1CC(F)=CC(F)=C1c1ccccn1. The summed E-state index contributed by atoms with van der Waals surface area (Å²) in [5.41, 5.74) is 1.13. The minimum atomic E-state index is -0.497. The third-order valence-electron chi connectivity index (χ3n) is 4.10. The summed E-state index contributed by atoms with van der Waals surface area (Å²) in [5.74, 6) is -0.726. The van der Waals surface area contributed by atoms with E-state index in [0.29, 0.717) is 17.2 Å². The minimum absolute atomic E-state index is 0.0853. The third kappa shape index (κ3) is 5.12. The van der Waals surface area contributed by atoms with E-state index in [1.165, 1.54) is 0 Å². The summed E-state index contributed by atoms with van der Waals surface area (Å²) in [6.45, 7) is 10.2. The molecule has 132 valence electrons. The number of nitrogens with zero attached hydrogens (tertiary/aromatic N) is 1. The number of pyridine rings is 1. The molecular formula is C21H29F2N. The molecule has 0 aliphatic heterocycles. The van der Waals surface area contributed by atoms with Gasteiger partial charge in [0.25, 0.3) is 0 Å². The van der Waals surface area contributed by atoms with Crippen LogP contribution in [0.4, 0.5) is 8.78 Å². The zero-order valence-corrected chi connectivity index (χ0v) is 15.4. The zero-order valence-electron chi connectivity index (χ0n) is 15.4. The average Bonchev–Trinajstić information content (AvgIpc) is 2.57. The van der Waals surface area contributed by atoms with Crippen molar-refractivity contribution < 1.29 is 8.78 Å². The molecular weight excluding hydrogens is 304 g/mol. The van der Waals surface area contributed by atoms with E-state index in [-0.39, 0.29) is 18.3 Å². The topological polar surface area (TPSA) is 12.9 Å². The summed E-state index contributed by atoms with van der Waals surface area (Å²) in [7, 11) is 0.